The van der Waals surface area contributed by atoms with Crippen molar-refractivity contribution in [2.75, 3.05) is 13.1 Å². The van der Waals surface area contributed by atoms with Crippen molar-refractivity contribution in [3.05, 3.63) is 63.7 Å². The van der Waals surface area contributed by atoms with Crippen molar-refractivity contribution in [1.29, 1.82) is 0 Å². The first kappa shape index (κ1) is 26.2. The SMILES string of the molecule is O=C(O)c1cc(S(=O)(=O)N2CCCCCCCCCC2)ccc1SCc1ccc([N+](=O)[O-])cc1. The molecular weight excluding hydrogens is 476 g/mol. The lowest BCUT2D eigenvalue weighted by molar-refractivity contribution is -0.384. The molecule has 0 atom stereocenters. The number of carboxylic acids is 1. The van der Waals surface area contributed by atoms with Gasteiger partial charge in [-0.2, -0.15) is 4.31 Å². The third kappa shape index (κ3) is 7.04. The molecule has 1 N–H and O–H groups in total. The molecule has 0 aromatic heterocycles. The molecule has 8 nitrogen and oxygen atoms in total. The van der Waals surface area contributed by atoms with Crippen LogP contribution in [0.25, 0.3) is 0 Å². The van der Waals surface area contributed by atoms with Crippen LogP contribution in [0.4, 0.5) is 5.69 Å². The van der Waals surface area contributed by atoms with E-state index >= 15 is 0 Å². The Morgan fingerprint density at radius 2 is 1.50 bits per heavy atom. The second-order valence-electron chi connectivity index (χ2n) is 8.41. The van der Waals surface area contributed by atoms with Gasteiger partial charge in [-0.1, -0.05) is 50.7 Å². The quantitative estimate of drug-likeness (QED) is 0.290. The highest BCUT2D eigenvalue weighted by Gasteiger charge is 2.26. The lowest BCUT2D eigenvalue weighted by atomic mass is 10.1. The number of carbonyl (C=O) groups is 1. The molecule has 1 fully saturated rings. The van der Waals surface area contributed by atoms with Gasteiger partial charge in [0.1, 0.15) is 0 Å². The molecule has 0 spiro atoms. The summed E-state index contributed by atoms with van der Waals surface area (Å²) >= 11 is 1.25. The molecule has 10 heteroatoms. The van der Waals surface area contributed by atoms with Gasteiger partial charge >= 0.3 is 5.97 Å². The van der Waals surface area contributed by atoms with Crippen LogP contribution >= 0.6 is 11.8 Å². The third-order valence-corrected chi connectivity index (χ3v) is 8.97. The molecule has 0 radical (unpaired) electrons. The number of hydrogen-bond donors (Lipinski definition) is 1. The molecule has 1 aliphatic rings. The average molecular weight is 507 g/mol. The Hall–Kier alpha value is -2.43. The minimum atomic E-state index is -3.80. The van der Waals surface area contributed by atoms with Gasteiger partial charge in [0.15, 0.2) is 0 Å². The van der Waals surface area contributed by atoms with Crippen LogP contribution < -0.4 is 0 Å². The van der Waals surface area contributed by atoms with Crippen LogP contribution in [0.15, 0.2) is 52.3 Å². The Bertz CT molecular complexity index is 1090. The third-order valence-electron chi connectivity index (χ3n) is 5.93. The molecule has 1 aliphatic heterocycles. The summed E-state index contributed by atoms with van der Waals surface area (Å²) in [5.41, 5.74) is 0.721. The minimum absolute atomic E-state index is 0.000502. The number of nitrogens with zero attached hydrogens (tertiary/aromatic N) is 2. The Morgan fingerprint density at radius 1 is 0.941 bits per heavy atom. The number of hydrogen-bond acceptors (Lipinski definition) is 6. The van der Waals surface area contributed by atoms with E-state index in [0.29, 0.717) is 23.7 Å². The molecule has 2 aromatic rings. The number of aromatic carboxylic acids is 1. The Labute approximate surface area is 204 Å². The smallest absolute Gasteiger partial charge is 0.336 e. The predicted molar refractivity (Wildman–Crippen MR) is 132 cm³/mol. The van der Waals surface area contributed by atoms with Crippen LogP contribution in [0.2, 0.25) is 0 Å². The monoisotopic (exact) mass is 506 g/mol. The highest BCUT2D eigenvalue weighted by molar-refractivity contribution is 7.98. The number of benzene rings is 2. The van der Waals surface area contributed by atoms with E-state index < -0.39 is 20.9 Å². The van der Waals surface area contributed by atoms with Crippen molar-refractivity contribution in [1.82, 2.24) is 4.31 Å². The summed E-state index contributed by atoms with van der Waals surface area (Å²) in [5, 5.41) is 20.6. The summed E-state index contributed by atoms with van der Waals surface area (Å²) in [4.78, 5) is 22.7. The number of rotatable bonds is 7. The van der Waals surface area contributed by atoms with Crippen LogP contribution in [-0.2, 0) is 15.8 Å². The molecule has 0 bridgehead atoms. The topological polar surface area (TPSA) is 118 Å². The predicted octanol–water partition coefficient (Wildman–Crippen LogP) is 5.71. The summed E-state index contributed by atoms with van der Waals surface area (Å²) < 4.78 is 28.2. The summed E-state index contributed by atoms with van der Waals surface area (Å²) in [7, 11) is -3.80. The molecule has 0 unspecified atom stereocenters. The molecular formula is C24H30N2O6S2. The maximum atomic E-state index is 13.4. The van der Waals surface area contributed by atoms with Gasteiger partial charge in [-0.25, -0.2) is 13.2 Å². The highest BCUT2D eigenvalue weighted by atomic mass is 32.2. The van der Waals surface area contributed by atoms with Gasteiger partial charge < -0.3 is 5.11 Å². The van der Waals surface area contributed by atoms with Crippen LogP contribution in [0.5, 0.6) is 0 Å². The maximum Gasteiger partial charge on any atom is 0.336 e. The van der Waals surface area contributed by atoms with Crippen molar-refractivity contribution in [3.63, 3.8) is 0 Å². The lowest BCUT2D eigenvalue weighted by Gasteiger charge is -2.22. The van der Waals surface area contributed by atoms with Crippen molar-refractivity contribution in [3.8, 4) is 0 Å². The van der Waals surface area contributed by atoms with Gasteiger partial charge in [-0.05, 0) is 36.6 Å². The normalized spacial score (nSPS) is 16.5. The first-order chi connectivity index (χ1) is 16.3. The maximum absolute atomic E-state index is 13.4. The number of sulfonamides is 1. The fourth-order valence-electron chi connectivity index (χ4n) is 3.98. The molecule has 34 heavy (non-hydrogen) atoms. The van der Waals surface area contributed by atoms with Crippen molar-refractivity contribution < 1.29 is 23.2 Å². The van der Waals surface area contributed by atoms with Gasteiger partial charge in [0, 0.05) is 35.9 Å². The molecule has 184 valence electrons. The van der Waals surface area contributed by atoms with E-state index in [1.165, 1.54) is 53.2 Å². The fourth-order valence-corrected chi connectivity index (χ4v) is 6.50. The highest BCUT2D eigenvalue weighted by Crippen LogP contribution is 2.30. The first-order valence-electron chi connectivity index (χ1n) is 11.5. The number of nitro groups is 1. The van der Waals surface area contributed by atoms with Crippen molar-refractivity contribution in [2.45, 2.75) is 66.9 Å². The number of non-ortho nitro benzene ring substituents is 1. The van der Waals surface area contributed by atoms with Gasteiger partial charge in [0.05, 0.1) is 15.4 Å². The van der Waals surface area contributed by atoms with E-state index in [1.807, 2.05) is 0 Å². The van der Waals surface area contributed by atoms with Crippen LogP contribution in [0, 0.1) is 10.1 Å². The minimum Gasteiger partial charge on any atom is -0.478 e. The summed E-state index contributed by atoms with van der Waals surface area (Å²) in [6, 6.07) is 10.3. The van der Waals surface area contributed by atoms with Gasteiger partial charge in [-0.3, -0.25) is 10.1 Å². The van der Waals surface area contributed by atoms with E-state index in [1.54, 1.807) is 18.2 Å². The Balaban J connectivity index is 1.78. The van der Waals surface area contributed by atoms with Gasteiger partial charge in [-0.15, -0.1) is 11.8 Å². The second kappa shape index (κ2) is 12.3. The molecule has 0 saturated carbocycles. The summed E-state index contributed by atoms with van der Waals surface area (Å²) in [6.45, 7) is 0.892. The van der Waals surface area contributed by atoms with E-state index in [-0.39, 0.29) is 16.1 Å². The molecule has 3 rings (SSSR count). The van der Waals surface area contributed by atoms with Crippen molar-refractivity contribution in [2.24, 2.45) is 0 Å². The molecule has 1 saturated heterocycles. The first-order valence-corrected chi connectivity index (χ1v) is 14.0. The largest absolute Gasteiger partial charge is 0.478 e. The van der Waals surface area contributed by atoms with E-state index in [2.05, 4.69) is 0 Å². The molecule has 0 aliphatic carbocycles. The van der Waals surface area contributed by atoms with E-state index in [9.17, 15) is 28.4 Å². The van der Waals surface area contributed by atoms with Gasteiger partial charge in [0.2, 0.25) is 10.0 Å². The lowest BCUT2D eigenvalue weighted by Crippen LogP contribution is -2.33. The zero-order valence-corrected chi connectivity index (χ0v) is 20.7. The number of thioether (sulfide) groups is 1. The number of nitro benzene ring substituents is 1. The van der Waals surface area contributed by atoms with Crippen LogP contribution in [0.3, 0.4) is 0 Å². The Kier molecular flexibility index (Phi) is 9.49. The van der Waals surface area contributed by atoms with Gasteiger partial charge in [0.25, 0.3) is 5.69 Å². The Morgan fingerprint density at radius 3 is 2.03 bits per heavy atom. The van der Waals surface area contributed by atoms with E-state index in [0.717, 1.165) is 44.1 Å². The number of carboxylic acid groups (broad SMARTS) is 1. The average Bonchev–Trinajstić information content (AvgIpc) is 2.88. The van der Waals surface area contributed by atoms with Crippen LogP contribution in [-0.4, -0.2) is 41.8 Å². The second-order valence-corrected chi connectivity index (χ2v) is 11.4. The molecule has 1 heterocycles. The summed E-state index contributed by atoms with van der Waals surface area (Å²) in [6.07, 6.45) is 8.18. The molecule has 2 aromatic carbocycles. The fraction of sp³-hybridized carbons (Fsp3) is 0.458. The zero-order chi connectivity index (χ0) is 24.6. The molecule has 0 amide bonds. The van der Waals surface area contributed by atoms with E-state index in [4.69, 9.17) is 0 Å². The summed E-state index contributed by atoms with van der Waals surface area (Å²) in [5.74, 6) is -0.795. The van der Waals surface area contributed by atoms with Crippen molar-refractivity contribution >= 4 is 33.4 Å². The standard InChI is InChI=1S/C24H30N2O6S2/c27-24(28)22-17-21(34(31,32)25-15-7-5-3-1-2-4-6-8-16-25)13-14-23(22)33-18-19-9-11-20(12-10-19)26(29)30/h9-14,17H,1-8,15-16,18H2,(H,27,28). The van der Waals surface area contributed by atoms with Crippen LogP contribution in [0.1, 0.15) is 67.3 Å². The zero-order valence-electron chi connectivity index (χ0n) is 19.0.